The molecule has 0 spiro atoms. The first-order valence-electron chi connectivity index (χ1n) is 12.9. The molecule has 2 aromatic carbocycles. The minimum atomic E-state index is -0.483. The number of nitrogens with one attached hydrogen (secondary N) is 1. The molecule has 1 N–H and O–H groups in total. The normalized spacial score (nSPS) is 20.1. The molecule has 2 amide bonds. The number of fused-ring (bicyclic) bond motifs is 1. The van der Waals surface area contributed by atoms with E-state index in [-0.39, 0.29) is 29.0 Å². The van der Waals surface area contributed by atoms with Crippen LogP contribution in [0.5, 0.6) is 0 Å². The van der Waals surface area contributed by atoms with Crippen LogP contribution in [0.1, 0.15) is 47.4 Å². The van der Waals surface area contributed by atoms with Crippen molar-refractivity contribution >= 4 is 35.8 Å². The summed E-state index contributed by atoms with van der Waals surface area (Å²) in [4.78, 5) is 36.4. The molecule has 5 rings (SSSR count). The van der Waals surface area contributed by atoms with Gasteiger partial charge in [-0.2, -0.15) is 12.6 Å². The third-order valence-corrected chi connectivity index (χ3v) is 8.77. The van der Waals surface area contributed by atoms with Gasteiger partial charge in [-0.3, -0.25) is 9.59 Å². The molecule has 1 aromatic heterocycles. The number of thiazole rings is 1. The standard InChI is InChI=1S/C29H34N4O2S2/c1-18(2)26(33-15-22-6-4-5-7-25(22)28(33)34)29(35)32-16-24(36)12-23(32)14-30-13-20-8-10-21(11-9-20)27-19(3)31-17-37-27/h4-11,17-18,23-24,26,30,36H,12-16H2,1-3H3/t23-,24+,26-/m0/s1. The number of thiol groups is 1. The number of rotatable bonds is 8. The fourth-order valence-corrected chi connectivity index (χ4v) is 6.77. The number of carbonyl (C=O) groups is 2. The van der Waals surface area contributed by atoms with Crippen LogP contribution in [0.3, 0.4) is 0 Å². The van der Waals surface area contributed by atoms with Gasteiger partial charge in [0.1, 0.15) is 6.04 Å². The first-order chi connectivity index (χ1) is 17.8. The van der Waals surface area contributed by atoms with Gasteiger partial charge in [-0.05, 0) is 42.0 Å². The second kappa shape index (κ2) is 11.0. The second-order valence-electron chi connectivity index (χ2n) is 10.4. The van der Waals surface area contributed by atoms with Crippen molar-refractivity contribution in [2.75, 3.05) is 13.1 Å². The van der Waals surface area contributed by atoms with Crippen LogP contribution in [0.2, 0.25) is 0 Å². The Bertz CT molecular complexity index is 1270. The summed E-state index contributed by atoms with van der Waals surface area (Å²) in [5.41, 5.74) is 7.03. The van der Waals surface area contributed by atoms with E-state index in [0.29, 0.717) is 25.2 Å². The van der Waals surface area contributed by atoms with E-state index in [4.69, 9.17) is 12.6 Å². The number of hydrogen-bond acceptors (Lipinski definition) is 6. The molecule has 3 aromatic rings. The van der Waals surface area contributed by atoms with E-state index in [2.05, 4.69) is 34.6 Å². The number of nitrogens with zero attached hydrogens (tertiary/aromatic N) is 3. The van der Waals surface area contributed by atoms with Crippen molar-refractivity contribution in [1.82, 2.24) is 20.1 Å². The molecule has 6 nitrogen and oxygen atoms in total. The van der Waals surface area contributed by atoms with Crippen molar-refractivity contribution in [3.63, 3.8) is 0 Å². The van der Waals surface area contributed by atoms with Crippen molar-refractivity contribution in [3.8, 4) is 10.4 Å². The lowest BCUT2D eigenvalue weighted by Crippen LogP contribution is -2.54. The van der Waals surface area contributed by atoms with Crippen molar-refractivity contribution < 1.29 is 9.59 Å². The molecule has 37 heavy (non-hydrogen) atoms. The smallest absolute Gasteiger partial charge is 0.255 e. The van der Waals surface area contributed by atoms with Crippen LogP contribution in [-0.4, -0.2) is 57.0 Å². The lowest BCUT2D eigenvalue weighted by atomic mass is 10.0. The van der Waals surface area contributed by atoms with E-state index in [1.165, 1.54) is 16.0 Å². The van der Waals surface area contributed by atoms with E-state index >= 15 is 0 Å². The lowest BCUT2D eigenvalue weighted by molar-refractivity contribution is -0.138. The zero-order valence-corrected chi connectivity index (χ0v) is 23.3. The Hall–Kier alpha value is -2.68. The van der Waals surface area contributed by atoms with Gasteiger partial charge in [0.15, 0.2) is 0 Å². The van der Waals surface area contributed by atoms with Crippen molar-refractivity contribution in [1.29, 1.82) is 0 Å². The Morgan fingerprint density at radius 1 is 1.19 bits per heavy atom. The number of amides is 2. The highest BCUT2D eigenvalue weighted by atomic mass is 32.1. The summed E-state index contributed by atoms with van der Waals surface area (Å²) in [6.45, 7) is 8.60. The van der Waals surface area contributed by atoms with Gasteiger partial charge in [0.05, 0.1) is 16.1 Å². The van der Waals surface area contributed by atoms with Gasteiger partial charge in [-0.15, -0.1) is 11.3 Å². The maximum atomic E-state index is 13.9. The molecule has 3 atom stereocenters. The summed E-state index contributed by atoms with van der Waals surface area (Å²) in [5.74, 6) is -0.00117. The predicted octanol–water partition coefficient (Wildman–Crippen LogP) is 4.79. The molecule has 0 radical (unpaired) electrons. The Balaban J connectivity index is 1.23. The van der Waals surface area contributed by atoms with E-state index in [1.807, 2.05) is 55.4 Å². The number of benzene rings is 2. The number of aryl methyl sites for hydroxylation is 1. The lowest BCUT2D eigenvalue weighted by Gasteiger charge is -2.35. The van der Waals surface area contributed by atoms with Crippen LogP contribution in [0, 0.1) is 12.8 Å². The zero-order valence-electron chi connectivity index (χ0n) is 21.6. The average molecular weight is 535 g/mol. The summed E-state index contributed by atoms with van der Waals surface area (Å²) >= 11 is 6.39. The number of hydrogen-bond donors (Lipinski definition) is 2. The fourth-order valence-electron chi connectivity index (χ4n) is 5.54. The van der Waals surface area contributed by atoms with Crippen molar-refractivity contribution in [2.45, 2.75) is 57.6 Å². The average Bonchev–Trinajstić information content (AvgIpc) is 3.57. The molecule has 0 unspecified atom stereocenters. The molecular weight excluding hydrogens is 500 g/mol. The van der Waals surface area contributed by atoms with Crippen LogP contribution in [0.25, 0.3) is 10.4 Å². The molecule has 0 aliphatic carbocycles. The van der Waals surface area contributed by atoms with E-state index < -0.39 is 6.04 Å². The molecule has 2 aliphatic rings. The molecule has 8 heteroatoms. The van der Waals surface area contributed by atoms with Crippen molar-refractivity contribution in [3.05, 3.63) is 76.4 Å². The molecule has 0 saturated carbocycles. The molecule has 2 aliphatic heterocycles. The van der Waals surface area contributed by atoms with Gasteiger partial charge in [-0.25, -0.2) is 4.98 Å². The van der Waals surface area contributed by atoms with Crippen LogP contribution in [-0.2, 0) is 17.9 Å². The topological polar surface area (TPSA) is 65.5 Å². The minimum Gasteiger partial charge on any atom is -0.335 e. The Kier molecular flexibility index (Phi) is 7.70. The first-order valence-corrected chi connectivity index (χ1v) is 14.3. The highest BCUT2D eigenvalue weighted by Crippen LogP contribution is 2.31. The Morgan fingerprint density at radius 2 is 1.95 bits per heavy atom. The molecule has 1 saturated heterocycles. The van der Waals surface area contributed by atoms with Crippen molar-refractivity contribution in [2.24, 2.45) is 5.92 Å². The predicted molar refractivity (Wildman–Crippen MR) is 152 cm³/mol. The Labute approximate surface area is 228 Å². The Morgan fingerprint density at radius 3 is 2.62 bits per heavy atom. The van der Waals surface area contributed by atoms with Crippen LogP contribution >= 0.6 is 24.0 Å². The van der Waals surface area contributed by atoms with E-state index in [0.717, 1.165) is 24.2 Å². The number of aromatic nitrogens is 1. The maximum Gasteiger partial charge on any atom is 0.255 e. The quantitative estimate of drug-likeness (QED) is 0.408. The first kappa shape index (κ1) is 25.9. The zero-order chi connectivity index (χ0) is 26.1. The molecule has 194 valence electrons. The number of carbonyl (C=O) groups excluding carboxylic acids is 2. The second-order valence-corrected chi connectivity index (χ2v) is 12.0. The highest BCUT2D eigenvalue weighted by Gasteiger charge is 2.43. The van der Waals surface area contributed by atoms with Crippen LogP contribution in [0.4, 0.5) is 0 Å². The number of likely N-dealkylation sites (tertiary alicyclic amines) is 1. The minimum absolute atomic E-state index is 0.0130. The SMILES string of the molecule is Cc1ncsc1-c1ccc(CNC[C@@H]2C[C@@H](S)CN2C(=O)[C@H](C(C)C)N2Cc3ccccc3C2=O)cc1. The summed E-state index contributed by atoms with van der Waals surface area (Å²) in [5, 5.41) is 3.69. The van der Waals surface area contributed by atoms with Gasteiger partial charge in [0, 0.05) is 43.0 Å². The van der Waals surface area contributed by atoms with Gasteiger partial charge >= 0.3 is 0 Å². The molecule has 3 heterocycles. The largest absolute Gasteiger partial charge is 0.335 e. The summed E-state index contributed by atoms with van der Waals surface area (Å²) in [6.07, 6.45) is 0.838. The highest BCUT2D eigenvalue weighted by molar-refractivity contribution is 7.81. The van der Waals surface area contributed by atoms with E-state index in [1.54, 1.807) is 16.2 Å². The van der Waals surface area contributed by atoms with Gasteiger partial charge in [0.2, 0.25) is 5.91 Å². The van der Waals surface area contributed by atoms with Gasteiger partial charge < -0.3 is 15.1 Å². The van der Waals surface area contributed by atoms with Gasteiger partial charge in [-0.1, -0.05) is 56.3 Å². The third kappa shape index (κ3) is 5.33. The van der Waals surface area contributed by atoms with E-state index in [9.17, 15) is 9.59 Å². The van der Waals surface area contributed by atoms with Crippen LogP contribution < -0.4 is 5.32 Å². The monoisotopic (exact) mass is 534 g/mol. The van der Waals surface area contributed by atoms with Gasteiger partial charge in [0.25, 0.3) is 5.91 Å². The summed E-state index contributed by atoms with van der Waals surface area (Å²) in [7, 11) is 0. The molecule has 1 fully saturated rings. The van der Waals surface area contributed by atoms with Crippen LogP contribution in [0.15, 0.2) is 54.0 Å². The summed E-state index contributed by atoms with van der Waals surface area (Å²) < 4.78 is 0. The molecular formula is C29H34N4O2S2. The summed E-state index contributed by atoms with van der Waals surface area (Å²) in [6, 6.07) is 15.8. The fraction of sp³-hybridized carbons (Fsp3) is 0.414. The maximum absolute atomic E-state index is 13.9. The third-order valence-electron chi connectivity index (χ3n) is 7.42. The molecule has 0 bridgehead atoms.